The number of halogens is 1. The van der Waals surface area contributed by atoms with Crippen molar-refractivity contribution in [3.63, 3.8) is 0 Å². The number of hydrogen-bond acceptors (Lipinski definition) is 4. The Balaban J connectivity index is 1.81. The smallest absolute Gasteiger partial charge is 0.124 e. The Labute approximate surface area is 119 Å². The molecular formula is C15H20FN3O. The van der Waals surface area contributed by atoms with Crippen LogP contribution in [0.1, 0.15) is 18.1 Å². The van der Waals surface area contributed by atoms with Crippen molar-refractivity contribution < 1.29 is 9.13 Å². The number of nitrogens with zero attached hydrogens (tertiary/aromatic N) is 2. The van der Waals surface area contributed by atoms with Gasteiger partial charge in [-0.05, 0) is 30.3 Å². The summed E-state index contributed by atoms with van der Waals surface area (Å²) in [5.41, 5.74) is 1.14. The predicted molar refractivity (Wildman–Crippen MR) is 74.7 cm³/mol. The zero-order chi connectivity index (χ0) is 14.4. The first-order valence-electron chi connectivity index (χ1n) is 6.95. The summed E-state index contributed by atoms with van der Waals surface area (Å²) in [7, 11) is 0. The van der Waals surface area contributed by atoms with E-state index in [1.807, 2.05) is 6.07 Å². The van der Waals surface area contributed by atoms with Crippen molar-refractivity contribution in [2.24, 2.45) is 0 Å². The van der Waals surface area contributed by atoms with E-state index >= 15 is 0 Å². The number of nitrogens with one attached hydrogen (secondary N) is 1. The van der Waals surface area contributed by atoms with Crippen molar-refractivity contribution >= 4 is 0 Å². The van der Waals surface area contributed by atoms with E-state index in [0.29, 0.717) is 12.1 Å². The molecule has 1 aromatic rings. The second-order valence-corrected chi connectivity index (χ2v) is 4.98. The van der Waals surface area contributed by atoms with E-state index in [1.165, 1.54) is 12.1 Å². The Morgan fingerprint density at radius 3 is 3.10 bits per heavy atom. The van der Waals surface area contributed by atoms with E-state index in [2.05, 4.69) is 17.1 Å². The van der Waals surface area contributed by atoms with Crippen LogP contribution in [0.25, 0.3) is 0 Å². The maximum atomic E-state index is 13.3. The van der Waals surface area contributed by atoms with Crippen molar-refractivity contribution in [1.29, 1.82) is 5.26 Å². The number of ether oxygens (including phenoxy) is 1. The maximum Gasteiger partial charge on any atom is 0.124 e. The van der Waals surface area contributed by atoms with Crippen LogP contribution in [-0.4, -0.2) is 43.8 Å². The third kappa shape index (κ3) is 4.27. The SMILES string of the molecule is CCN1CCOC(CNCc2cc(F)cc(C#N)c2)C1. The van der Waals surface area contributed by atoms with Crippen molar-refractivity contribution in [2.75, 3.05) is 32.8 Å². The molecule has 1 aliphatic rings. The van der Waals surface area contributed by atoms with Crippen LogP contribution in [0.4, 0.5) is 4.39 Å². The van der Waals surface area contributed by atoms with Gasteiger partial charge in [0.2, 0.25) is 0 Å². The lowest BCUT2D eigenvalue weighted by atomic mass is 10.1. The summed E-state index contributed by atoms with van der Waals surface area (Å²) in [6.45, 7) is 7.13. The van der Waals surface area contributed by atoms with Gasteiger partial charge in [0.15, 0.2) is 0 Å². The Morgan fingerprint density at radius 1 is 1.50 bits per heavy atom. The molecule has 4 nitrogen and oxygen atoms in total. The maximum absolute atomic E-state index is 13.3. The highest BCUT2D eigenvalue weighted by Gasteiger charge is 2.18. The highest BCUT2D eigenvalue weighted by molar-refractivity contribution is 5.33. The highest BCUT2D eigenvalue weighted by Crippen LogP contribution is 2.09. The molecule has 1 N–H and O–H groups in total. The summed E-state index contributed by atoms with van der Waals surface area (Å²) in [6, 6.07) is 6.36. The van der Waals surface area contributed by atoms with Gasteiger partial charge in [0, 0.05) is 26.2 Å². The quantitative estimate of drug-likeness (QED) is 0.886. The van der Waals surface area contributed by atoms with Gasteiger partial charge in [0.05, 0.1) is 24.3 Å². The molecule has 0 bridgehead atoms. The summed E-state index contributed by atoms with van der Waals surface area (Å²) in [5, 5.41) is 12.1. The molecule has 0 radical (unpaired) electrons. The zero-order valence-corrected chi connectivity index (χ0v) is 11.7. The first-order valence-corrected chi connectivity index (χ1v) is 6.95. The lowest BCUT2D eigenvalue weighted by molar-refractivity contribution is -0.0253. The molecule has 20 heavy (non-hydrogen) atoms. The Kier molecular flexibility index (Phi) is 5.48. The molecule has 108 valence electrons. The van der Waals surface area contributed by atoms with Crippen molar-refractivity contribution in [1.82, 2.24) is 10.2 Å². The number of benzene rings is 1. The molecule has 1 heterocycles. The number of likely N-dealkylation sites (N-methyl/N-ethyl adjacent to an activating group) is 1. The lowest BCUT2D eigenvalue weighted by Gasteiger charge is -2.32. The minimum atomic E-state index is -0.369. The van der Waals surface area contributed by atoms with Gasteiger partial charge in [0.1, 0.15) is 5.82 Å². The number of rotatable bonds is 5. The van der Waals surface area contributed by atoms with Gasteiger partial charge in [-0.3, -0.25) is 4.90 Å². The molecule has 1 atom stereocenters. The molecule has 2 rings (SSSR count). The van der Waals surface area contributed by atoms with Crippen LogP contribution >= 0.6 is 0 Å². The monoisotopic (exact) mass is 277 g/mol. The Morgan fingerprint density at radius 2 is 2.35 bits per heavy atom. The zero-order valence-electron chi connectivity index (χ0n) is 11.7. The van der Waals surface area contributed by atoms with Crippen LogP contribution in [0.5, 0.6) is 0 Å². The second-order valence-electron chi connectivity index (χ2n) is 4.98. The average Bonchev–Trinajstić information content (AvgIpc) is 2.47. The number of morpholine rings is 1. The van der Waals surface area contributed by atoms with E-state index in [1.54, 1.807) is 6.07 Å². The van der Waals surface area contributed by atoms with Gasteiger partial charge in [-0.25, -0.2) is 4.39 Å². The van der Waals surface area contributed by atoms with Crippen LogP contribution in [0.15, 0.2) is 18.2 Å². The molecule has 0 spiro atoms. The second kappa shape index (κ2) is 7.34. The Bertz CT molecular complexity index is 486. The van der Waals surface area contributed by atoms with Gasteiger partial charge in [-0.1, -0.05) is 6.92 Å². The van der Waals surface area contributed by atoms with E-state index in [9.17, 15) is 4.39 Å². The van der Waals surface area contributed by atoms with Crippen LogP contribution in [-0.2, 0) is 11.3 Å². The predicted octanol–water partition coefficient (Wildman–Crippen LogP) is 1.51. The molecule has 0 saturated carbocycles. The fourth-order valence-electron chi connectivity index (χ4n) is 2.39. The summed E-state index contributed by atoms with van der Waals surface area (Å²) in [4.78, 5) is 2.35. The first kappa shape index (κ1) is 14.9. The molecule has 5 heteroatoms. The largest absolute Gasteiger partial charge is 0.374 e. The Hall–Kier alpha value is -1.48. The van der Waals surface area contributed by atoms with Crippen LogP contribution in [0, 0.1) is 17.1 Å². The van der Waals surface area contributed by atoms with Crippen LogP contribution in [0.2, 0.25) is 0 Å². The molecule has 0 aliphatic carbocycles. The average molecular weight is 277 g/mol. The summed E-state index contributed by atoms with van der Waals surface area (Å²) in [6.07, 6.45) is 0.174. The van der Waals surface area contributed by atoms with Crippen LogP contribution in [0.3, 0.4) is 0 Å². The summed E-state index contributed by atoms with van der Waals surface area (Å²) in [5.74, 6) is -0.369. The van der Waals surface area contributed by atoms with Crippen molar-refractivity contribution in [2.45, 2.75) is 19.6 Å². The highest BCUT2D eigenvalue weighted by atomic mass is 19.1. The van der Waals surface area contributed by atoms with Crippen LogP contribution < -0.4 is 5.32 Å². The standard InChI is InChI=1S/C15H20FN3O/c1-2-19-3-4-20-15(11-19)10-18-9-13-5-12(8-17)6-14(16)7-13/h5-7,15,18H,2-4,9-11H2,1H3. The van der Waals surface area contributed by atoms with E-state index < -0.39 is 0 Å². The molecule has 1 aromatic carbocycles. The fourth-order valence-corrected chi connectivity index (χ4v) is 2.39. The molecule has 1 aliphatic heterocycles. The minimum absolute atomic E-state index is 0.174. The molecule has 1 fully saturated rings. The van der Waals surface area contributed by atoms with Crippen molar-refractivity contribution in [3.05, 3.63) is 35.1 Å². The molecule has 1 unspecified atom stereocenters. The third-order valence-electron chi connectivity index (χ3n) is 3.46. The number of hydrogen-bond donors (Lipinski definition) is 1. The molecule has 1 saturated heterocycles. The van der Waals surface area contributed by atoms with E-state index in [4.69, 9.17) is 10.00 Å². The summed E-state index contributed by atoms with van der Waals surface area (Å²) < 4.78 is 19.0. The third-order valence-corrected chi connectivity index (χ3v) is 3.46. The van der Waals surface area contributed by atoms with E-state index in [0.717, 1.165) is 38.3 Å². The molecule has 0 amide bonds. The van der Waals surface area contributed by atoms with Gasteiger partial charge in [-0.15, -0.1) is 0 Å². The molecule has 0 aromatic heterocycles. The van der Waals surface area contributed by atoms with Crippen molar-refractivity contribution in [3.8, 4) is 6.07 Å². The minimum Gasteiger partial charge on any atom is -0.374 e. The topological polar surface area (TPSA) is 48.3 Å². The van der Waals surface area contributed by atoms with Gasteiger partial charge in [0.25, 0.3) is 0 Å². The number of nitriles is 1. The van der Waals surface area contributed by atoms with Gasteiger partial charge < -0.3 is 10.1 Å². The fraction of sp³-hybridized carbons (Fsp3) is 0.533. The molecular weight excluding hydrogens is 257 g/mol. The van der Waals surface area contributed by atoms with Gasteiger partial charge in [-0.2, -0.15) is 5.26 Å². The van der Waals surface area contributed by atoms with E-state index in [-0.39, 0.29) is 11.9 Å². The summed E-state index contributed by atoms with van der Waals surface area (Å²) >= 11 is 0. The van der Waals surface area contributed by atoms with Gasteiger partial charge >= 0.3 is 0 Å². The lowest BCUT2D eigenvalue weighted by Crippen LogP contribution is -2.46. The normalized spacial score (nSPS) is 19.8. The first-order chi connectivity index (χ1) is 9.71.